The van der Waals surface area contributed by atoms with Crippen LogP contribution in [-0.4, -0.2) is 42.8 Å². The first-order chi connectivity index (χ1) is 12.8. The maximum Gasteiger partial charge on any atom is 0.227 e. The molecule has 0 aliphatic carbocycles. The van der Waals surface area contributed by atoms with Gasteiger partial charge in [-0.2, -0.15) is 4.98 Å². The van der Waals surface area contributed by atoms with Crippen LogP contribution in [0.25, 0.3) is 0 Å². The minimum atomic E-state index is 0.420. The average molecular weight is 353 g/mol. The lowest BCUT2D eigenvalue weighted by atomic mass is 10.0. The SMILES string of the molecule is COCc1cc(NC2CCCNC2)nc(N2CCc3ccccc3C2)n1. The molecule has 0 bridgehead atoms. The summed E-state index contributed by atoms with van der Waals surface area (Å²) in [4.78, 5) is 11.8. The number of fused-ring (bicyclic) bond motifs is 1. The maximum absolute atomic E-state index is 5.32. The molecular weight excluding hydrogens is 326 g/mol. The monoisotopic (exact) mass is 353 g/mol. The number of hydrogen-bond donors (Lipinski definition) is 2. The van der Waals surface area contributed by atoms with Crippen molar-refractivity contribution in [2.75, 3.05) is 37.0 Å². The summed E-state index contributed by atoms with van der Waals surface area (Å²) in [6.07, 6.45) is 3.40. The fourth-order valence-corrected chi connectivity index (χ4v) is 3.77. The molecule has 26 heavy (non-hydrogen) atoms. The molecule has 138 valence electrons. The van der Waals surface area contributed by atoms with Gasteiger partial charge >= 0.3 is 0 Å². The lowest BCUT2D eigenvalue weighted by Crippen LogP contribution is -2.39. The zero-order valence-electron chi connectivity index (χ0n) is 15.4. The van der Waals surface area contributed by atoms with E-state index in [2.05, 4.69) is 39.8 Å². The van der Waals surface area contributed by atoms with E-state index in [4.69, 9.17) is 14.7 Å². The van der Waals surface area contributed by atoms with Crippen molar-refractivity contribution in [1.29, 1.82) is 0 Å². The molecule has 3 heterocycles. The van der Waals surface area contributed by atoms with Crippen molar-refractivity contribution < 1.29 is 4.74 Å². The van der Waals surface area contributed by atoms with Gasteiger partial charge in [0.15, 0.2) is 0 Å². The third-order valence-electron chi connectivity index (χ3n) is 5.12. The largest absolute Gasteiger partial charge is 0.378 e. The third kappa shape index (κ3) is 3.97. The molecule has 6 heteroatoms. The van der Waals surface area contributed by atoms with E-state index in [1.165, 1.54) is 24.0 Å². The molecule has 0 saturated carbocycles. The minimum absolute atomic E-state index is 0.420. The first kappa shape index (κ1) is 17.2. The van der Waals surface area contributed by atoms with E-state index in [1.807, 2.05) is 6.07 Å². The van der Waals surface area contributed by atoms with Crippen LogP contribution in [0.2, 0.25) is 0 Å². The second-order valence-corrected chi connectivity index (χ2v) is 7.11. The molecule has 0 amide bonds. The number of rotatable bonds is 5. The molecule has 2 aliphatic heterocycles. The number of benzene rings is 1. The summed E-state index contributed by atoms with van der Waals surface area (Å²) in [6, 6.07) is 11.1. The predicted octanol–water partition coefficient (Wildman–Crippen LogP) is 2.35. The number of ether oxygens (including phenoxy) is 1. The minimum Gasteiger partial charge on any atom is -0.378 e. The molecule has 1 aromatic heterocycles. The molecule has 1 saturated heterocycles. The summed E-state index contributed by atoms with van der Waals surface area (Å²) in [7, 11) is 1.71. The number of aromatic nitrogens is 2. The highest BCUT2D eigenvalue weighted by Crippen LogP contribution is 2.24. The van der Waals surface area contributed by atoms with Crippen LogP contribution in [0.1, 0.15) is 29.7 Å². The van der Waals surface area contributed by atoms with Crippen LogP contribution in [0.15, 0.2) is 30.3 Å². The van der Waals surface area contributed by atoms with E-state index in [-0.39, 0.29) is 0 Å². The Bertz CT molecular complexity index is 745. The highest BCUT2D eigenvalue weighted by atomic mass is 16.5. The zero-order chi connectivity index (χ0) is 17.8. The highest BCUT2D eigenvalue weighted by Gasteiger charge is 2.20. The van der Waals surface area contributed by atoms with E-state index < -0.39 is 0 Å². The van der Waals surface area contributed by atoms with Crippen LogP contribution >= 0.6 is 0 Å². The summed E-state index contributed by atoms with van der Waals surface area (Å²) in [6.45, 7) is 4.39. The Balaban J connectivity index is 1.56. The topological polar surface area (TPSA) is 62.3 Å². The average Bonchev–Trinajstić information content (AvgIpc) is 2.68. The molecule has 2 aliphatic rings. The van der Waals surface area contributed by atoms with Gasteiger partial charge in [-0.1, -0.05) is 24.3 Å². The summed E-state index contributed by atoms with van der Waals surface area (Å²) in [5.74, 6) is 1.69. The summed E-state index contributed by atoms with van der Waals surface area (Å²) < 4.78 is 5.32. The first-order valence-electron chi connectivity index (χ1n) is 9.48. The van der Waals surface area contributed by atoms with Crippen LogP contribution in [-0.2, 0) is 24.3 Å². The van der Waals surface area contributed by atoms with Gasteiger partial charge in [-0.3, -0.25) is 0 Å². The lowest BCUT2D eigenvalue weighted by molar-refractivity contribution is 0.181. The molecule has 1 fully saturated rings. The van der Waals surface area contributed by atoms with Gasteiger partial charge in [0, 0.05) is 38.9 Å². The third-order valence-corrected chi connectivity index (χ3v) is 5.12. The molecule has 6 nitrogen and oxygen atoms in total. The number of hydrogen-bond acceptors (Lipinski definition) is 6. The summed E-state index contributed by atoms with van der Waals surface area (Å²) in [5, 5.41) is 7.03. The lowest BCUT2D eigenvalue weighted by Gasteiger charge is -2.30. The molecular formula is C20H27N5O. The molecule has 1 atom stereocenters. The van der Waals surface area contributed by atoms with Gasteiger partial charge in [-0.05, 0) is 36.9 Å². The number of methoxy groups -OCH3 is 1. The molecule has 0 spiro atoms. The first-order valence-corrected chi connectivity index (χ1v) is 9.48. The van der Waals surface area contributed by atoms with E-state index in [1.54, 1.807) is 7.11 Å². The standard InChI is InChI=1S/C20H27N5O/c1-26-14-18-11-19(22-17-7-4-9-21-12-17)24-20(23-18)25-10-8-15-5-2-3-6-16(15)13-25/h2-3,5-6,11,17,21H,4,7-10,12-14H2,1H3,(H,22,23,24). The number of nitrogens with one attached hydrogen (secondary N) is 2. The fourth-order valence-electron chi connectivity index (χ4n) is 3.77. The predicted molar refractivity (Wildman–Crippen MR) is 103 cm³/mol. The Hall–Kier alpha value is -2.18. The van der Waals surface area contributed by atoms with Crippen molar-refractivity contribution >= 4 is 11.8 Å². The van der Waals surface area contributed by atoms with Crippen LogP contribution in [0.4, 0.5) is 11.8 Å². The maximum atomic E-state index is 5.32. The van der Waals surface area contributed by atoms with Crippen molar-refractivity contribution in [1.82, 2.24) is 15.3 Å². The van der Waals surface area contributed by atoms with Gasteiger partial charge in [0.25, 0.3) is 0 Å². The van der Waals surface area contributed by atoms with Gasteiger partial charge in [-0.15, -0.1) is 0 Å². The second-order valence-electron chi connectivity index (χ2n) is 7.11. The van der Waals surface area contributed by atoms with Crippen LogP contribution < -0.4 is 15.5 Å². The normalized spacial score (nSPS) is 19.9. The zero-order valence-corrected chi connectivity index (χ0v) is 15.4. The molecule has 0 radical (unpaired) electrons. The molecule has 1 aromatic carbocycles. The van der Waals surface area contributed by atoms with Gasteiger partial charge in [0.2, 0.25) is 5.95 Å². The van der Waals surface area contributed by atoms with Crippen molar-refractivity contribution in [2.24, 2.45) is 0 Å². The van der Waals surface area contributed by atoms with Gasteiger partial charge in [0.05, 0.1) is 12.3 Å². The molecule has 2 aromatic rings. The fraction of sp³-hybridized carbons (Fsp3) is 0.500. The van der Waals surface area contributed by atoms with Crippen LogP contribution in [0.3, 0.4) is 0 Å². The van der Waals surface area contributed by atoms with Crippen molar-refractivity contribution in [3.8, 4) is 0 Å². The van der Waals surface area contributed by atoms with E-state index in [0.717, 1.165) is 50.1 Å². The number of nitrogens with zero attached hydrogens (tertiary/aromatic N) is 3. The smallest absolute Gasteiger partial charge is 0.227 e. The Morgan fingerprint density at radius 2 is 2.15 bits per heavy atom. The quantitative estimate of drug-likeness (QED) is 0.860. The van der Waals surface area contributed by atoms with E-state index in [9.17, 15) is 0 Å². The van der Waals surface area contributed by atoms with Crippen molar-refractivity contribution in [2.45, 2.75) is 38.5 Å². The summed E-state index contributed by atoms with van der Waals surface area (Å²) in [5.41, 5.74) is 3.72. The van der Waals surface area contributed by atoms with Crippen LogP contribution in [0, 0.1) is 0 Å². The number of anilines is 2. The number of piperidine rings is 1. The van der Waals surface area contributed by atoms with Gasteiger partial charge < -0.3 is 20.3 Å². The van der Waals surface area contributed by atoms with Gasteiger partial charge in [0.1, 0.15) is 5.82 Å². The van der Waals surface area contributed by atoms with Crippen LogP contribution in [0.5, 0.6) is 0 Å². The Morgan fingerprint density at radius 3 is 2.96 bits per heavy atom. The molecule has 1 unspecified atom stereocenters. The van der Waals surface area contributed by atoms with E-state index in [0.29, 0.717) is 12.6 Å². The Kier molecular flexibility index (Phi) is 5.32. The highest BCUT2D eigenvalue weighted by molar-refractivity contribution is 5.47. The van der Waals surface area contributed by atoms with E-state index >= 15 is 0 Å². The molecule has 4 rings (SSSR count). The van der Waals surface area contributed by atoms with Crippen molar-refractivity contribution in [3.05, 3.63) is 47.2 Å². The summed E-state index contributed by atoms with van der Waals surface area (Å²) >= 11 is 0. The Labute approximate surface area is 155 Å². The van der Waals surface area contributed by atoms with Crippen molar-refractivity contribution in [3.63, 3.8) is 0 Å². The van der Waals surface area contributed by atoms with Gasteiger partial charge in [-0.25, -0.2) is 4.98 Å². The Morgan fingerprint density at radius 1 is 1.27 bits per heavy atom. The second kappa shape index (κ2) is 8.01. The molecule has 2 N–H and O–H groups in total.